The highest BCUT2D eigenvalue weighted by Gasteiger charge is 2.13. The fourth-order valence-electron chi connectivity index (χ4n) is 2.65. The van der Waals surface area contributed by atoms with Gasteiger partial charge in [0.05, 0.1) is 6.54 Å². The fourth-order valence-corrected chi connectivity index (χ4v) is 3.17. The molecule has 0 spiro atoms. The highest BCUT2D eigenvalue weighted by Crippen LogP contribution is 2.24. The molecule has 0 radical (unpaired) electrons. The third kappa shape index (κ3) is 4.79. The molecule has 1 N–H and O–H groups in total. The Bertz CT molecular complexity index is 1140. The smallest absolute Gasteiger partial charge is 0.278 e. The summed E-state index contributed by atoms with van der Waals surface area (Å²) in [6.45, 7) is 0.510. The van der Waals surface area contributed by atoms with Crippen LogP contribution in [0.25, 0.3) is 0 Å². The highest BCUT2D eigenvalue weighted by atomic mass is 35.5. The lowest BCUT2D eigenvalue weighted by Crippen LogP contribution is -2.15. The van der Waals surface area contributed by atoms with E-state index in [0.717, 1.165) is 5.56 Å². The van der Waals surface area contributed by atoms with E-state index in [4.69, 9.17) is 27.9 Å². The molecule has 30 heavy (non-hydrogen) atoms. The maximum Gasteiger partial charge on any atom is 0.278 e. The topological polar surface area (TPSA) is 86.9 Å². The number of ether oxygens (including phenoxy) is 1. The lowest BCUT2D eigenvalue weighted by molar-refractivity contribution is 0.101. The number of nitrogens with one attached hydrogen (secondary N) is 1. The van der Waals surface area contributed by atoms with Crippen LogP contribution >= 0.6 is 23.2 Å². The van der Waals surface area contributed by atoms with Gasteiger partial charge >= 0.3 is 0 Å². The van der Waals surface area contributed by atoms with Crippen molar-refractivity contribution < 1.29 is 9.53 Å². The number of anilines is 1. The van der Waals surface area contributed by atoms with Crippen LogP contribution in [0.4, 0.5) is 5.95 Å². The minimum absolute atomic E-state index is 0.151. The summed E-state index contributed by atoms with van der Waals surface area (Å²) in [7, 11) is 0. The van der Waals surface area contributed by atoms with Gasteiger partial charge in [-0.3, -0.25) is 10.1 Å². The Labute approximate surface area is 182 Å². The Morgan fingerprint density at radius 1 is 0.967 bits per heavy atom. The van der Waals surface area contributed by atoms with Gasteiger partial charge in [0.2, 0.25) is 5.95 Å². The van der Waals surface area contributed by atoms with Crippen LogP contribution in [0.2, 0.25) is 10.0 Å². The summed E-state index contributed by atoms with van der Waals surface area (Å²) in [5.74, 6) is 0.438. The van der Waals surface area contributed by atoms with Crippen LogP contribution in [-0.2, 0) is 13.3 Å². The molecular weight excluding hydrogens is 427 g/mol. The molecule has 0 unspecified atom stereocenters. The molecule has 10 heteroatoms. The number of amides is 1. The first-order chi connectivity index (χ1) is 14.6. The van der Waals surface area contributed by atoms with Gasteiger partial charge < -0.3 is 4.74 Å². The number of nitrogens with zero attached hydrogens (tertiary/aromatic N) is 5. The molecule has 0 saturated heterocycles. The molecule has 1 amide bonds. The van der Waals surface area contributed by atoms with Crippen molar-refractivity contribution >= 4 is 35.1 Å². The Morgan fingerprint density at radius 3 is 2.50 bits per heavy atom. The lowest BCUT2D eigenvalue weighted by atomic mass is 10.2. The normalized spacial score (nSPS) is 10.7. The van der Waals surface area contributed by atoms with Gasteiger partial charge in [-0.1, -0.05) is 47.5 Å². The van der Waals surface area contributed by atoms with Gasteiger partial charge in [-0.15, -0.1) is 5.10 Å². The van der Waals surface area contributed by atoms with Crippen LogP contribution in [0, 0.1) is 0 Å². The first-order valence-corrected chi connectivity index (χ1v) is 9.69. The summed E-state index contributed by atoms with van der Waals surface area (Å²) in [5, 5.41) is 12.1. The fraction of sp³-hybridized carbons (Fsp3) is 0.100. The van der Waals surface area contributed by atoms with Crippen molar-refractivity contribution in [2.45, 2.75) is 13.3 Å². The van der Waals surface area contributed by atoms with Gasteiger partial charge in [-0.05, 0) is 30.3 Å². The second-order valence-electron chi connectivity index (χ2n) is 6.25. The largest absolute Gasteiger partial charge is 0.471 e. The predicted octanol–water partition coefficient (Wildman–Crippen LogP) is 4.12. The Kier molecular flexibility index (Phi) is 5.97. The highest BCUT2D eigenvalue weighted by molar-refractivity contribution is 6.35. The van der Waals surface area contributed by atoms with E-state index >= 15 is 0 Å². The quantitative estimate of drug-likeness (QED) is 0.465. The SMILES string of the molecule is O=C(Nc1ncn(Cc2c(Cl)cccc2Cl)n1)c1ccn(COc2ccccc2)n1. The molecule has 2 heterocycles. The van der Waals surface area contributed by atoms with E-state index in [0.29, 0.717) is 22.3 Å². The van der Waals surface area contributed by atoms with Crippen molar-refractivity contribution in [2.24, 2.45) is 0 Å². The number of halogens is 2. The third-order valence-corrected chi connectivity index (χ3v) is 4.83. The Hall–Kier alpha value is -3.36. The monoisotopic (exact) mass is 442 g/mol. The first kappa shape index (κ1) is 19.9. The van der Waals surface area contributed by atoms with Crippen molar-refractivity contribution in [3.05, 3.63) is 88.4 Å². The van der Waals surface area contributed by atoms with Crippen LogP contribution in [0.15, 0.2) is 67.1 Å². The molecular formula is C20H16Cl2N6O2. The van der Waals surface area contributed by atoms with E-state index in [9.17, 15) is 4.79 Å². The minimum atomic E-state index is -0.429. The maximum absolute atomic E-state index is 12.4. The third-order valence-electron chi connectivity index (χ3n) is 4.12. The van der Waals surface area contributed by atoms with Crippen LogP contribution in [0.5, 0.6) is 5.75 Å². The summed E-state index contributed by atoms with van der Waals surface area (Å²) in [6, 6.07) is 16.2. The van der Waals surface area contributed by atoms with Crippen molar-refractivity contribution in [1.82, 2.24) is 24.5 Å². The number of benzene rings is 2. The molecule has 0 aliphatic rings. The van der Waals surface area contributed by atoms with E-state index < -0.39 is 5.91 Å². The second-order valence-corrected chi connectivity index (χ2v) is 7.06. The number of rotatable bonds is 7. The molecule has 0 aliphatic heterocycles. The molecule has 152 valence electrons. The van der Waals surface area contributed by atoms with Crippen LogP contribution in [0.1, 0.15) is 16.1 Å². The van der Waals surface area contributed by atoms with Gasteiger partial charge in [0.25, 0.3) is 5.91 Å². The average molecular weight is 443 g/mol. The number of carbonyl (C=O) groups excluding carboxylic acids is 1. The molecule has 2 aromatic carbocycles. The minimum Gasteiger partial charge on any atom is -0.471 e. The van der Waals surface area contributed by atoms with E-state index in [2.05, 4.69) is 20.5 Å². The average Bonchev–Trinajstić information content (AvgIpc) is 3.40. The van der Waals surface area contributed by atoms with E-state index in [1.54, 1.807) is 30.5 Å². The van der Waals surface area contributed by atoms with Gasteiger partial charge in [0.1, 0.15) is 12.1 Å². The Balaban J connectivity index is 1.36. The van der Waals surface area contributed by atoms with E-state index in [-0.39, 0.29) is 18.4 Å². The van der Waals surface area contributed by atoms with Crippen molar-refractivity contribution in [1.29, 1.82) is 0 Å². The van der Waals surface area contributed by atoms with Crippen molar-refractivity contribution in [2.75, 3.05) is 5.32 Å². The maximum atomic E-state index is 12.4. The predicted molar refractivity (Wildman–Crippen MR) is 113 cm³/mol. The molecule has 0 atom stereocenters. The molecule has 2 aromatic heterocycles. The number of para-hydroxylation sites is 1. The zero-order chi connectivity index (χ0) is 20.9. The molecule has 4 rings (SSSR count). The summed E-state index contributed by atoms with van der Waals surface area (Å²) in [4.78, 5) is 16.5. The van der Waals surface area contributed by atoms with Crippen LogP contribution in [0.3, 0.4) is 0 Å². The van der Waals surface area contributed by atoms with Crippen LogP contribution in [-0.4, -0.2) is 30.5 Å². The van der Waals surface area contributed by atoms with Crippen molar-refractivity contribution in [3.8, 4) is 5.75 Å². The van der Waals surface area contributed by atoms with Gasteiger partial charge in [0.15, 0.2) is 12.4 Å². The molecule has 0 saturated carbocycles. The molecule has 0 bridgehead atoms. The molecule has 0 aliphatic carbocycles. The second kappa shape index (κ2) is 8.98. The number of hydrogen-bond acceptors (Lipinski definition) is 5. The zero-order valence-electron chi connectivity index (χ0n) is 15.6. The molecule has 0 fully saturated rings. The zero-order valence-corrected chi connectivity index (χ0v) is 17.1. The number of hydrogen-bond donors (Lipinski definition) is 1. The van der Waals surface area contributed by atoms with Crippen molar-refractivity contribution in [3.63, 3.8) is 0 Å². The molecule has 8 nitrogen and oxygen atoms in total. The van der Waals surface area contributed by atoms with E-state index in [1.807, 2.05) is 30.3 Å². The summed E-state index contributed by atoms with van der Waals surface area (Å²) < 4.78 is 8.66. The van der Waals surface area contributed by atoms with Gasteiger partial charge in [-0.25, -0.2) is 14.3 Å². The van der Waals surface area contributed by atoms with Gasteiger partial charge in [-0.2, -0.15) is 5.10 Å². The standard InChI is InChI=1S/C20H16Cl2N6O2/c21-16-7-4-8-17(22)15(16)11-28-12-23-20(26-28)24-19(29)18-9-10-27(25-18)13-30-14-5-2-1-3-6-14/h1-10,12H,11,13H2,(H,24,26,29). The lowest BCUT2D eigenvalue weighted by Gasteiger charge is -2.06. The summed E-state index contributed by atoms with van der Waals surface area (Å²) in [5.41, 5.74) is 0.943. The summed E-state index contributed by atoms with van der Waals surface area (Å²) in [6.07, 6.45) is 3.14. The van der Waals surface area contributed by atoms with E-state index in [1.165, 1.54) is 15.7 Å². The first-order valence-electron chi connectivity index (χ1n) is 8.93. The van der Waals surface area contributed by atoms with Gasteiger partial charge in [0, 0.05) is 21.8 Å². The molecule has 4 aromatic rings. The summed E-state index contributed by atoms with van der Waals surface area (Å²) >= 11 is 12.4. The van der Waals surface area contributed by atoms with Crippen LogP contribution < -0.4 is 10.1 Å². The Morgan fingerprint density at radius 2 is 1.73 bits per heavy atom. The number of carbonyl (C=O) groups is 1. The number of aromatic nitrogens is 5.